The first-order valence-electron chi connectivity index (χ1n) is 7.93. The summed E-state index contributed by atoms with van der Waals surface area (Å²) in [4.78, 5) is 17.9. The van der Waals surface area contributed by atoms with Crippen LogP contribution in [0.25, 0.3) is 0 Å². The van der Waals surface area contributed by atoms with Crippen molar-refractivity contribution in [3.8, 4) is 0 Å². The molecule has 1 aliphatic rings. The Morgan fingerprint density at radius 1 is 1.23 bits per heavy atom. The number of aromatic nitrogens is 1. The molecule has 9 heteroatoms. The molecule has 0 spiro atoms. The van der Waals surface area contributed by atoms with E-state index in [4.69, 9.17) is 0 Å². The highest BCUT2D eigenvalue weighted by Gasteiger charge is 2.31. The topological polar surface area (TPSA) is 57.3 Å². The Bertz CT molecular complexity index is 782. The van der Waals surface area contributed by atoms with E-state index in [1.54, 1.807) is 6.07 Å². The lowest BCUT2D eigenvalue weighted by Gasteiger charge is -2.19. The Morgan fingerprint density at radius 3 is 2.65 bits per heavy atom. The van der Waals surface area contributed by atoms with Crippen LogP contribution in [0, 0.1) is 0 Å². The van der Waals surface area contributed by atoms with Crippen molar-refractivity contribution in [1.29, 1.82) is 0 Å². The van der Waals surface area contributed by atoms with Gasteiger partial charge in [0.15, 0.2) is 0 Å². The zero-order valence-electron chi connectivity index (χ0n) is 13.6. The maximum absolute atomic E-state index is 12.6. The highest BCUT2D eigenvalue weighted by molar-refractivity contribution is 9.10. The molecule has 0 bridgehead atoms. The molecule has 0 saturated carbocycles. The molecule has 2 heterocycles. The second kappa shape index (κ2) is 7.53. The SMILES string of the molecule is O=C(Nc1ccccc1Br)N[C@@H]1CCN(c2ccc(C(F)(F)F)cn2)C1. The lowest BCUT2D eigenvalue weighted by molar-refractivity contribution is -0.137. The number of anilines is 2. The molecular weight excluding hydrogens is 413 g/mol. The molecule has 26 heavy (non-hydrogen) atoms. The van der Waals surface area contributed by atoms with Gasteiger partial charge in [0.1, 0.15) is 5.82 Å². The lowest BCUT2D eigenvalue weighted by Crippen LogP contribution is -2.39. The summed E-state index contributed by atoms with van der Waals surface area (Å²) in [6, 6.07) is 9.19. The molecule has 1 aromatic heterocycles. The van der Waals surface area contributed by atoms with Crippen LogP contribution >= 0.6 is 15.9 Å². The molecule has 1 atom stereocenters. The monoisotopic (exact) mass is 428 g/mol. The highest BCUT2D eigenvalue weighted by Crippen LogP contribution is 2.30. The van der Waals surface area contributed by atoms with E-state index in [2.05, 4.69) is 31.5 Å². The summed E-state index contributed by atoms with van der Waals surface area (Å²) in [6.45, 7) is 1.10. The fraction of sp³-hybridized carbons (Fsp3) is 0.294. The first kappa shape index (κ1) is 18.5. The molecule has 0 radical (unpaired) electrons. The van der Waals surface area contributed by atoms with E-state index in [0.717, 1.165) is 16.7 Å². The van der Waals surface area contributed by atoms with Crippen molar-refractivity contribution in [2.45, 2.75) is 18.6 Å². The summed E-state index contributed by atoms with van der Waals surface area (Å²) in [7, 11) is 0. The van der Waals surface area contributed by atoms with Gasteiger partial charge >= 0.3 is 12.2 Å². The van der Waals surface area contributed by atoms with Crippen LogP contribution in [-0.4, -0.2) is 30.1 Å². The first-order valence-corrected chi connectivity index (χ1v) is 8.72. The number of urea groups is 1. The standard InChI is InChI=1S/C17H16BrF3N4O/c18-13-3-1-2-4-14(13)24-16(26)23-12-7-8-25(10-12)15-6-5-11(9-22-15)17(19,20)21/h1-6,9,12H,7-8,10H2,(H2,23,24,26)/t12-/m1/s1. The minimum Gasteiger partial charge on any atom is -0.354 e. The van der Waals surface area contributed by atoms with Crippen LogP contribution in [0.3, 0.4) is 0 Å². The maximum atomic E-state index is 12.6. The molecule has 5 nitrogen and oxygen atoms in total. The molecule has 2 aromatic rings. The van der Waals surface area contributed by atoms with Crippen LogP contribution in [0.15, 0.2) is 47.1 Å². The van der Waals surface area contributed by atoms with Gasteiger partial charge in [-0.05, 0) is 46.6 Å². The zero-order valence-corrected chi connectivity index (χ0v) is 15.1. The number of pyridine rings is 1. The largest absolute Gasteiger partial charge is 0.417 e. The molecule has 1 aromatic carbocycles. The number of benzene rings is 1. The Morgan fingerprint density at radius 2 is 2.00 bits per heavy atom. The van der Waals surface area contributed by atoms with Gasteiger partial charge in [-0.25, -0.2) is 9.78 Å². The predicted octanol–water partition coefficient (Wildman–Crippen LogP) is 4.26. The van der Waals surface area contributed by atoms with Gasteiger partial charge in [0.25, 0.3) is 0 Å². The summed E-state index contributed by atoms with van der Waals surface area (Å²) in [5.41, 5.74) is -0.118. The van der Waals surface area contributed by atoms with Crippen LogP contribution in [0.2, 0.25) is 0 Å². The Kier molecular flexibility index (Phi) is 5.36. The van der Waals surface area contributed by atoms with E-state index in [0.29, 0.717) is 31.0 Å². The van der Waals surface area contributed by atoms with Crippen molar-refractivity contribution in [3.05, 3.63) is 52.6 Å². The van der Waals surface area contributed by atoms with Crippen molar-refractivity contribution >= 4 is 33.5 Å². The van der Waals surface area contributed by atoms with E-state index in [1.807, 2.05) is 23.1 Å². The third kappa shape index (κ3) is 4.46. The van der Waals surface area contributed by atoms with Crippen LogP contribution < -0.4 is 15.5 Å². The number of carbonyl (C=O) groups excluding carboxylic acids is 1. The Hall–Kier alpha value is -2.29. The van der Waals surface area contributed by atoms with E-state index >= 15 is 0 Å². The van der Waals surface area contributed by atoms with Gasteiger partial charge in [-0.15, -0.1) is 0 Å². The van der Waals surface area contributed by atoms with Crippen molar-refractivity contribution in [1.82, 2.24) is 10.3 Å². The first-order chi connectivity index (χ1) is 12.3. The van der Waals surface area contributed by atoms with Gasteiger partial charge < -0.3 is 15.5 Å². The maximum Gasteiger partial charge on any atom is 0.417 e. The van der Waals surface area contributed by atoms with Crippen LogP contribution in [-0.2, 0) is 6.18 Å². The zero-order chi connectivity index (χ0) is 18.7. The number of carbonyl (C=O) groups is 1. The molecule has 0 unspecified atom stereocenters. The third-order valence-electron chi connectivity index (χ3n) is 4.04. The van der Waals surface area contributed by atoms with Crippen molar-refractivity contribution in [3.63, 3.8) is 0 Å². The van der Waals surface area contributed by atoms with Crippen LogP contribution in [0.5, 0.6) is 0 Å². The van der Waals surface area contributed by atoms with Gasteiger partial charge in [-0.3, -0.25) is 0 Å². The average molecular weight is 429 g/mol. The predicted molar refractivity (Wildman–Crippen MR) is 96.2 cm³/mol. The number of alkyl halides is 3. The number of rotatable bonds is 3. The fourth-order valence-electron chi connectivity index (χ4n) is 2.73. The Balaban J connectivity index is 1.55. The second-order valence-electron chi connectivity index (χ2n) is 5.91. The van der Waals surface area contributed by atoms with Gasteiger partial charge in [-0.2, -0.15) is 13.2 Å². The molecule has 1 aliphatic heterocycles. The molecule has 1 fully saturated rings. The number of hydrogen-bond acceptors (Lipinski definition) is 3. The molecule has 2 amide bonds. The van der Waals surface area contributed by atoms with Gasteiger partial charge in [0.2, 0.25) is 0 Å². The summed E-state index contributed by atoms with van der Waals surface area (Å²) < 4.78 is 38.6. The van der Waals surface area contributed by atoms with E-state index in [1.165, 1.54) is 6.07 Å². The Labute approximate surface area is 156 Å². The molecule has 0 aliphatic carbocycles. The number of halogens is 4. The summed E-state index contributed by atoms with van der Waals surface area (Å²) in [5, 5.41) is 5.63. The van der Waals surface area contributed by atoms with E-state index < -0.39 is 11.7 Å². The average Bonchev–Trinajstić information content (AvgIpc) is 3.05. The summed E-state index contributed by atoms with van der Waals surface area (Å²) in [6.07, 6.45) is -2.88. The third-order valence-corrected chi connectivity index (χ3v) is 4.74. The molecule has 138 valence electrons. The number of nitrogens with one attached hydrogen (secondary N) is 2. The minimum atomic E-state index is -4.40. The number of amides is 2. The lowest BCUT2D eigenvalue weighted by atomic mass is 10.2. The quantitative estimate of drug-likeness (QED) is 0.767. The molecule has 2 N–H and O–H groups in total. The smallest absolute Gasteiger partial charge is 0.354 e. The van der Waals surface area contributed by atoms with Crippen molar-refractivity contribution in [2.24, 2.45) is 0 Å². The minimum absolute atomic E-state index is 0.110. The summed E-state index contributed by atoms with van der Waals surface area (Å²) in [5.74, 6) is 0.466. The van der Waals surface area contributed by atoms with Crippen LogP contribution in [0.4, 0.5) is 29.5 Å². The molecule has 1 saturated heterocycles. The number of nitrogens with zero attached hydrogens (tertiary/aromatic N) is 2. The fourth-order valence-corrected chi connectivity index (χ4v) is 3.12. The second-order valence-corrected chi connectivity index (χ2v) is 6.77. The van der Waals surface area contributed by atoms with Gasteiger partial charge in [0.05, 0.1) is 11.3 Å². The number of hydrogen-bond donors (Lipinski definition) is 2. The van der Waals surface area contributed by atoms with Gasteiger partial charge in [0, 0.05) is 29.8 Å². The van der Waals surface area contributed by atoms with Gasteiger partial charge in [-0.1, -0.05) is 12.1 Å². The van der Waals surface area contributed by atoms with Crippen LogP contribution in [0.1, 0.15) is 12.0 Å². The summed E-state index contributed by atoms with van der Waals surface area (Å²) >= 11 is 3.36. The van der Waals surface area contributed by atoms with E-state index in [9.17, 15) is 18.0 Å². The highest BCUT2D eigenvalue weighted by atomic mass is 79.9. The van der Waals surface area contributed by atoms with Crippen molar-refractivity contribution in [2.75, 3.05) is 23.3 Å². The normalized spacial score (nSPS) is 17.2. The van der Waals surface area contributed by atoms with Crippen molar-refractivity contribution < 1.29 is 18.0 Å². The molecular formula is C17H16BrF3N4O. The molecule has 3 rings (SSSR count). The number of para-hydroxylation sites is 1. The van der Waals surface area contributed by atoms with E-state index in [-0.39, 0.29) is 12.1 Å².